The van der Waals surface area contributed by atoms with E-state index in [1.54, 1.807) is 18.0 Å². The van der Waals surface area contributed by atoms with Crippen LogP contribution < -0.4 is 10.2 Å². The van der Waals surface area contributed by atoms with E-state index < -0.39 is 0 Å². The minimum atomic E-state index is -0.168. The number of carbonyl (C=O) groups excluding carboxylic acids is 1. The third-order valence-electron chi connectivity index (χ3n) is 3.87. The second kappa shape index (κ2) is 9.69. The van der Waals surface area contributed by atoms with Crippen molar-refractivity contribution in [3.8, 4) is 5.75 Å². The molecule has 1 aliphatic heterocycles. The number of hydrogen-bond acceptors (Lipinski definition) is 5. The van der Waals surface area contributed by atoms with Crippen molar-refractivity contribution in [2.75, 3.05) is 11.5 Å². The smallest absolute Gasteiger partial charge is 0.252 e. The zero-order valence-electron chi connectivity index (χ0n) is 14.6. The fraction of sp³-hybridized carbons (Fsp3) is 0.300. The zero-order chi connectivity index (χ0) is 18.2. The fourth-order valence-electron chi connectivity index (χ4n) is 2.28. The predicted molar refractivity (Wildman–Crippen MR) is 111 cm³/mol. The lowest BCUT2D eigenvalue weighted by Crippen LogP contribution is -2.31. The van der Waals surface area contributed by atoms with E-state index in [1.165, 1.54) is 5.56 Å². The minimum absolute atomic E-state index is 0.0962. The number of hydrazone groups is 1. The van der Waals surface area contributed by atoms with Gasteiger partial charge in [0.15, 0.2) is 0 Å². The summed E-state index contributed by atoms with van der Waals surface area (Å²) in [4.78, 5) is 12.1. The van der Waals surface area contributed by atoms with Crippen molar-refractivity contribution in [2.45, 2.75) is 24.0 Å². The van der Waals surface area contributed by atoms with Gasteiger partial charge in [0.1, 0.15) is 11.9 Å². The Kier molecular flexibility index (Phi) is 7.03. The number of nitrogens with zero attached hydrogens (tertiary/aromatic N) is 1. The summed E-state index contributed by atoms with van der Waals surface area (Å²) in [5.74, 6) is 3.65. The number of ether oxygens (including phenoxy) is 1. The second-order valence-electron chi connectivity index (χ2n) is 6.02. The van der Waals surface area contributed by atoms with E-state index in [9.17, 15) is 4.79 Å². The molecule has 0 spiro atoms. The molecule has 0 saturated carbocycles. The lowest BCUT2D eigenvalue weighted by atomic mass is 10.2. The van der Waals surface area contributed by atoms with Gasteiger partial charge in [0.2, 0.25) is 0 Å². The minimum Gasteiger partial charge on any atom is -0.489 e. The Morgan fingerprint density at radius 1 is 1.31 bits per heavy atom. The van der Waals surface area contributed by atoms with Gasteiger partial charge in [-0.2, -0.15) is 16.9 Å². The van der Waals surface area contributed by atoms with Crippen molar-refractivity contribution in [3.63, 3.8) is 0 Å². The van der Waals surface area contributed by atoms with Crippen LogP contribution in [-0.2, 0) is 10.5 Å². The van der Waals surface area contributed by atoms with Gasteiger partial charge in [0, 0.05) is 17.3 Å². The molecule has 0 aromatic heterocycles. The van der Waals surface area contributed by atoms with Crippen LogP contribution >= 0.6 is 23.5 Å². The van der Waals surface area contributed by atoms with Crippen LogP contribution in [0.25, 0.3) is 0 Å². The molecule has 0 unspecified atom stereocenters. The standard InChI is InChI=1S/C20H22N2O2S2/c1-15(26-12-16-6-3-2-4-7-16)20(23)22-21-11-17-8-5-9-18(10-17)24-19-13-25-14-19/h2-11,15,19H,12-14H2,1H3,(H,22,23)/b21-11-/t15-/m1/s1. The first-order valence-corrected chi connectivity index (χ1v) is 10.7. The maximum Gasteiger partial charge on any atom is 0.252 e. The van der Waals surface area contributed by atoms with Crippen LogP contribution in [0.5, 0.6) is 5.75 Å². The molecule has 1 heterocycles. The maximum absolute atomic E-state index is 12.1. The molecule has 136 valence electrons. The lowest BCUT2D eigenvalue weighted by Gasteiger charge is -2.25. The van der Waals surface area contributed by atoms with E-state index >= 15 is 0 Å². The highest BCUT2D eigenvalue weighted by molar-refractivity contribution is 8.00. The number of carbonyl (C=O) groups is 1. The molecular formula is C20H22N2O2S2. The largest absolute Gasteiger partial charge is 0.489 e. The van der Waals surface area contributed by atoms with Crippen molar-refractivity contribution in [1.29, 1.82) is 0 Å². The molecule has 26 heavy (non-hydrogen) atoms. The summed E-state index contributed by atoms with van der Waals surface area (Å²) in [5.41, 5.74) is 4.73. The third kappa shape index (κ3) is 5.81. The van der Waals surface area contributed by atoms with Gasteiger partial charge in [-0.3, -0.25) is 4.79 Å². The van der Waals surface area contributed by atoms with E-state index in [0.717, 1.165) is 28.6 Å². The molecule has 0 bridgehead atoms. The fourth-order valence-corrected chi connectivity index (χ4v) is 3.68. The summed E-state index contributed by atoms with van der Waals surface area (Å²) >= 11 is 3.48. The molecule has 3 rings (SSSR count). The highest BCUT2D eigenvalue weighted by Gasteiger charge is 2.19. The average molecular weight is 387 g/mol. The van der Waals surface area contributed by atoms with Crippen LogP contribution in [0.3, 0.4) is 0 Å². The molecule has 1 N–H and O–H groups in total. The normalized spacial score (nSPS) is 15.4. The Bertz CT molecular complexity index is 748. The average Bonchev–Trinajstić information content (AvgIpc) is 2.64. The molecule has 1 aliphatic rings. The molecule has 1 amide bonds. The van der Waals surface area contributed by atoms with Crippen molar-refractivity contribution in [2.24, 2.45) is 5.10 Å². The zero-order valence-corrected chi connectivity index (χ0v) is 16.3. The summed E-state index contributed by atoms with van der Waals surface area (Å²) in [6.45, 7) is 1.89. The number of rotatable bonds is 8. The van der Waals surface area contributed by atoms with Gasteiger partial charge in [0.25, 0.3) is 5.91 Å². The molecule has 1 saturated heterocycles. The molecule has 0 radical (unpaired) electrons. The quantitative estimate of drug-likeness (QED) is 0.551. The Morgan fingerprint density at radius 3 is 2.85 bits per heavy atom. The first-order valence-electron chi connectivity index (χ1n) is 8.53. The Morgan fingerprint density at radius 2 is 2.12 bits per heavy atom. The number of amides is 1. The van der Waals surface area contributed by atoms with Gasteiger partial charge < -0.3 is 4.74 Å². The predicted octanol–water partition coefficient (Wildman–Crippen LogP) is 3.95. The van der Waals surface area contributed by atoms with Crippen LogP contribution in [0, 0.1) is 0 Å². The van der Waals surface area contributed by atoms with E-state index in [2.05, 4.69) is 22.7 Å². The van der Waals surface area contributed by atoms with Gasteiger partial charge in [-0.15, -0.1) is 11.8 Å². The topological polar surface area (TPSA) is 50.7 Å². The summed E-state index contributed by atoms with van der Waals surface area (Å²) in [7, 11) is 0. The highest BCUT2D eigenvalue weighted by Crippen LogP contribution is 2.24. The van der Waals surface area contributed by atoms with Crippen molar-refractivity contribution in [3.05, 3.63) is 65.7 Å². The number of hydrogen-bond donors (Lipinski definition) is 1. The molecule has 0 aliphatic carbocycles. The van der Waals surface area contributed by atoms with Gasteiger partial charge >= 0.3 is 0 Å². The molecule has 2 aromatic rings. The maximum atomic E-state index is 12.1. The van der Waals surface area contributed by atoms with Crippen molar-refractivity contribution < 1.29 is 9.53 Å². The first kappa shape index (κ1) is 18.9. The summed E-state index contributed by atoms with van der Waals surface area (Å²) < 4.78 is 5.86. The Hall–Kier alpha value is -1.92. The van der Waals surface area contributed by atoms with Crippen LogP contribution in [0.4, 0.5) is 0 Å². The van der Waals surface area contributed by atoms with E-state index in [0.29, 0.717) is 6.10 Å². The molecule has 2 aromatic carbocycles. The van der Waals surface area contributed by atoms with Gasteiger partial charge in [0.05, 0.1) is 11.5 Å². The number of nitrogens with one attached hydrogen (secondary N) is 1. The van der Waals surface area contributed by atoms with Crippen LogP contribution in [0.1, 0.15) is 18.1 Å². The van der Waals surface area contributed by atoms with E-state index in [-0.39, 0.29) is 11.2 Å². The van der Waals surface area contributed by atoms with Crippen LogP contribution in [0.15, 0.2) is 59.7 Å². The Labute approximate surface area is 162 Å². The molecule has 4 nitrogen and oxygen atoms in total. The Balaban J connectivity index is 1.45. The van der Waals surface area contributed by atoms with Gasteiger partial charge in [-0.05, 0) is 30.2 Å². The monoisotopic (exact) mass is 386 g/mol. The van der Waals surface area contributed by atoms with Gasteiger partial charge in [-0.1, -0.05) is 42.5 Å². The highest BCUT2D eigenvalue weighted by atomic mass is 32.2. The van der Waals surface area contributed by atoms with Crippen LogP contribution in [0.2, 0.25) is 0 Å². The first-order chi connectivity index (χ1) is 12.7. The van der Waals surface area contributed by atoms with Gasteiger partial charge in [-0.25, -0.2) is 5.43 Å². The SMILES string of the molecule is C[C@@H](SCc1ccccc1)C(=O)N/N=C\c1cccc(OC2CSC2)c1. The summed E-state index contributed by atoms with van der Waals surface area (Å²) in [6, 6.07) is 17.9. The molecular weight excluding hydrogens is 364 g/mol. The number of benzene rings is 2. The third-order valence-corrected chi connectivity index (χ3v) is 6.30. The summed E-state index contributed by atoms with van der Waals surface area (Å²) in [5, 5.41) is 3.91. The molecule has 1 atom stereocenters. The number of thioether (sulfide) groups is 2. The van der Waals surface area contributed by atoms with Crippen LogP contribution in [-0.4, -0.2) is 35.0 Å². The van der Waals surface area contributed by atoms with E-state index in [1.807, 2.05) is 61.2 Å². The lowest BCUT2D eigenvalue weighted by molar-refractivity contribution is -0.120. The summed E-state index contributed by atoms with van der Waals surface area (Å²) in [6.07, 6.45) is 1.96. The van der Waals surface area contributed by atoms with E-state index in [4.69, 9.17) is 4.74 Å². The molecule has 6 heteroatoms. The molecule has 1 fully saturated rings. The van der Waals surface area contributed by atoms with Crippen molar-refractivity contribution >= 4 is 35.6 Å². The second-order valence-corrected chi connectivity index (χ2v) is 8.43. The van der Waals surface area contributed by atoms with Crippen molar-refractivity contribution in [1.82, 2.24) is 5.43 Å².